The average molecular weight is 426 g/mol. The van der Waals surface area contributed by atoms with Crippen LogP contribution in [0.1, 0.15) is 19.8 Å². The number of hydrogen-bond donors (Lipinski definition) is 2. The molecule has 2 aliphatic rings. The van der Waals surface area contributed by atoms with E-state index in [0.717, 1.165) is 51.5 Å². The highest BCUT2D eigenvalue weighted by Crippen LogP contribution is 2.51. The van der Waals surface area contributed by atoms with Gasteiger partial charge in [-0.2, -0.15) is 4.37 Å². The molecule has 1 aliphatic carbocycles. The number of benzene rings is 1. The highest BCUT2D eigenvalue weighted by molar-refractivity contribution is 7.99. The molecule has 1 saturated carbocycles. The number of anilines is 4. The lowest BCUT2D eigenvalue weighted by Crippen LogP contribution is -2.56. The Morgan fingerprint density at radius 2 is 1.97 bits per heavy atom. The van der Waals surface area contributed by atoms with Crippen LogP contribution >= 0.6 is 23.3 Å². The molecule has 0 unspecified atom stereocenters. The van der Waals surface area contributed by atoms with Crippen molar-refractivity contribution in [1.82, 2.24) is 19.3 Å². The monoisotopic (exact) mass is 425 g/mol. The van der Waals surface area contributed by atoms with Gasteiger partial charge in [0.05, 0.1) is 0 Å². The fraction of sp³-hybridized carbons (Fsp3) is 0.400. The van der Waals surface area contributed by atoms with E-state index in [1.807, 2.05) is 13.1 Å². The summed E-state index contributed by atoms with van der Waals surface area (Å²) in [7, 11) is 1.92. The van der Waals surface area contributed by atoms with Crippen LogP contribution in [0.25, 0.3) is 0 Å². The Hall–Kier alpha value is -2.39. The molecule has 0 spiro atoms. The Labute approximate surface area is 178 Å². The predicted molar refractivity (Wildman–Crippen MR) is 118 cm³/mol. The maximum atomic E-state index is 4.86. The molecule has 0 amide bonds. The van der Waals surface area contributed by atoms with Crippen molar-refractivity contribution in [3.63, 3.8) is 0 Å². The summed E-state index contributed by atoms with van der Waals surface area (Å²) >= 11 is 2.89. The summed E-state index contributed by atoms with van der Waals surface area (Å²) in [6.07, 6.45) is 4.30. The molecule has 3 aromatic rings. The van der Waals surface area contributed by atoms with E-state index in [-0.39, 0.29) is 0 Å². The molecule has 5 rings (SSSR count). The smallest absolute Gasteiger partial charge is 0.207 e. The molecule has 1 aliphatic heterocycles. The van der Waals surface area contributed by atoms with E-state index in [1.54, 1.807) is 18.1 Å². The Balaban J connectivity index is 1.39. The third-order valence-electron chi connectivity index (χ3n) is 5.63. The van der Waals surface area contributed by atoms with Crippen LogP contribution in [-0.4, -0.2) is 39.5 Å². The molecule has 29 heavy (non-hydrogen) atoms. The van der Waals surface area contributed by atoms with Crippen LogP contribution in [0.2, 0.25) is 0 Å². The van der Waals surface area contributed by atoms with Gasteiger partial charge in [0.2, 0.25) is 5.13 Å². The normalized spacial score (nSPS) is 17.7. The third kappa shape index (κ3) is 4.02. The molecule has 0 atom stereocenters. The van der Waals surface area contributed by atoms with Crippen molar-refractivity contribution in [3.05, 3.63) is 36.7 Å². The molecule has 3 heterocycles. The largest absolute Gasteiger partial charge is 0.388 e. The molecule has 2 N–H and O–H groups in total. The molecule has 2 aromatic heterocycles. The highest BCUT2D eigenvalue weighted by atomic mass is 32.2. The minimum atomic E-state index is 0.439. The predicted octanol–water partition coefficient (Wildman–Crippen LogP) is 4.50. The molecule has 0 bridgehead atoms. The van der Waals surface area contributed by atoms with Crippen LogP contribution in [0, 0.1) is 11.3 Å². The van der Waals surface area contributed by atoms with Crippen molar-refractivity contribution in [2.24, 2.45) is 11.3 Å². The Morgan fingerprint density at radius 1 is 1.17 bits per heavy atom. The minimum Gasteiger partial charge on any atom is -0.388 e. The van der Waals surface area contributed by atoms with Gasteiger partial charge in [0.15, 0.2) is 5.16 Å². The number of aromatic nitrogens is 4. The molecule has 150 valence electrons. The van der Waals surface area contributed by atoms with Gasteiger partial charge in [-0.15, -0.1) is 0 Å². The van der Waals surface area contributed by atoms with Crippen molar-refractivity contribution in [2.75, 3.05) is 35.7 Å². The standard InChI is InChI=1S/C20H23N7S2/c1-20(13-3-4-13)10-27(11-20)17-9-16(24-18-22-12-23-29-18)25-19(26-17)28-15-7-5-14(21-2)6-8-15/h5-9,12-13,21H,3-4,10-11H2,1-2H3,(H,22,23,24,25,26). The maximum Gasteiger partial charge on any atom is 0.207 e. The first kappa shape index (κ1) is 18.6. The van der Waals surface area contributed by atoms with Gasteiger partial charge in [-0.1, -0.05) is 6.92 Å². The SMILES string of the molecule is CNc1ccc(Sc2nc(Nc3ncns3)cc(N3CC(C)(C4CC4)C3)n2)cc1. The quantitative estimate of drug-likeness (QED) is 0.536. The summed E-state index contributed by atoms with van der Waals surface area (Å²) in [4.78, 5) is 17.2. The first-order chi connectivity index (χ1) is 14.1. The first-order valence-electron chi connectivity index (χ1n) is 9.75. The van der Waals surface area contributed by atoms with Crippen molar-refractivity contribution < 1.29 is 0 Å². The van der Waals surface area contributed by atoms with Gasteiger partial charge in [-0.25, -0.2) is 15.0 Å². The zero-order chi connectivity index (χ0) is 19.8. The van der Waals surface area contributed by atoms with E-state index in [0.29, 0.717) is 5.41 Å². The lowest BCUT2D eigenvalue weighted by Gasteiger charge is -2.49. The number of rotatable bonds is 7. The van der Waals surface area contributed by atoms with Gasteiger partial charge < -0.3 is 15.5 Å². The summed E-state index contributed by atoms with van der Waals surface area (Å²) in [6.45, 7) is 4.53. The first-order valence-corrected chi connectivity index (χ1v) is 11.3. The molecule has 0 radical (unpaired) electrons. The summed E-state index contributed by atoms with van der Waals surface area (Å²) in [5.41, 5.74) is 1.52. The third-order valence-corrected chi connectivity index (χ3v) is 7.08. The van der Waals surface area contributed by atoms with E-state index in [2.05, 4.69) is 56.1 Å². The molecule has 1 saturated heterocycles. The van der Waals surface area contributed by atoms with Crippen molar-refractivity contribution in [2.45, 2.75) is 29.8 Å². The fourth-order valence-corrected chi connectivity index (χ4v) is 5.05. The van der Waals surface area contributed by atoms with E-state index in [1.165, 1.54) is 24.4 Å². The second-order valence-corrected chi connectivity index (χ2v) is 9.75. The topological polar surface area (TPSA) is 78.9 Å². The second kappa shape index (κ2) is 7.46. The van der Waals surface area contributed by atoms with Crippen LogP contribution in [0.4, 0.5) is 22.5 Å². The number of hydrogen-bond acceptors (Lipinski definition) is 9. The minimum absolute atomic E-state index is 0.439. The molecule has 1 aromatic carbocycles. The lowest BCUT2D eigenvalue weighted by molar-refractivity contribution is 0.201. The van der Waals surface area contributed by atoms with Crippen LogP contribution in [0.15, 0.2) is 46.7 Å². The Kier molecular flexibility index (Phi) is 4.79. The molecule has 9 heteroatoms. The second-order valence-electron chi connectivity index (χ2n) is 7.93. The fourth-order valence-electron chi connectivity index (χ4n) is 3.84. The Bertz CT molecular complexity index is 981. The van der Waals surface area contributed by atoms with Gasteiger partial charge in [-0.3, -0.25) is 0 Å². The van der Waals surface area contributed by atoms with Crippen LogP contribution in [0.5, 0.6) is 0 Å². The zero-order valence-electron chi connectivity index (χ0n) is 16.4. The lowest BCUT2D eigenvalue weighted by atomic mass is 9.77. The number of nitrogens with one attached hydrogen (secondary N) is 2. The summed E-state index contributed by atoms with van der Waals surface area (Å²) in [5, 5.41) is 7.88. The van der Waals surface area contributed by atoms with Gasteiger partial charge in [0.25, 0.3) is 0 Å². The van der Waals surface area contributed by atoms with E-state index in [9.17, 15) is 0 Å². The maximum absolute atomic E-state index is 4.86. The van der Waals surface area contributed by atoms with Crippen molar-refractivity contribution >= 4 is 45.7 Å². The van der Waals surface area contributed by atoms with E-state index >= 15 is 0 Å². The Morgan fingerprint density at radius 3 is 2.62 bits per heavy atom. The number of nitrogens with zero attached hydrogens (tertiary/aromatic N) is 5. The summed E-state index contributed by atoms with van der Waals surface area (Å²) in [5.74, 6) is 2.61. The van der Waals surface area contributed by atoms with E-state index in [4.69, 9.17) is 9.97 Å². The van der Waals surface area contributed by atoms with Crippen LogP contribution in [-0.2, 0) is 0 Å². The van der Waals surface area contributed by atoms with Gasteiger partial charge in [-0.05, 0) is 54.8 Å². The molecule has 2 fully saturated rings. The van der Waals surface area contributed by atoms with Crippen molar-refractivity contribution in [3.8, 4) is 0 Å². The van der Waals surface area contributed by atoms with Crippen LogP contribution in [0.3, 0.4) is 0 Å². The zero-order valence-corrected chi connectivity index (χ0v) is 18.1. The van der Waals surface area contributed by atoms with Crippen LogP contribution < -0.4 is 15.5 Å². The van der Waals surface area contributed by atoms with Gasteiger partial charge in [0, 0.05) is 53.7 Å². The highest BCUT2D eigenvalue weighted by Gasteiger charge is 2.49. The summed E-state index contributed by atoms with van der Waals surface area (Å²) < 4.78 is 4.06. The van der Waals surface area contributed by atoms with Gasteiger partial charge in [0.1, 0.15) is 18.0 Å². The summed E-state index contributed by atoms with van der Waals surface area (Å²) in [6, 6.07) is 10.3. The average Bonchev–Trinajstić information content (AvgIpc) is 3.44. The molecule has 7 nitrogen and oxygen atoms in total. The molecular weight excluding hydrogens is 402 g/mol. The van der Waals surface area contributed by atoms with E-state index < -0.39 is 0 Å². The van der Waals surface area contributed by atoms with Gasteiger partial charge >= 0.3 is 0 Å². The van der Waals surface area contributed by atoms with Crippen molar-refractivity contribution in [1.29, 1.82) is 0 Å². The molecular formula is C20H23N7S2.